The Hall–Kier alpha value is -3.32. The van der Waals surface area contributed by atoms with Crippen molar-refractivity contribution in [2.24, 2.45) is 22.1 Å². The van der Waals surface area contributed by atoms with Gasteiger partial charge in [-0.1, -0.05) is 36.7 Å². The summed E-state index contributed by atoms with van der Waals surface area (Å²) in [6.45, 7) is 5.75. The number of fused-ring (bicyclic) bond motifs is 3. The summed E-state index contributed by atoms with van der Waals surface area (Å²) in [5.41, 5.74) is 3.64. The Kier molecular flexibility index (Phi) is 11.4. The third-order valence-corrected chi connectivity index (χ3v) is 12.6. The van der Waals surface area contributed by atoms with Crippen molar-refractivity contribution in [3.05, 3.63) is 88.2 Å². The third kappa shape index (κ3) is 8.53. The second kappa shape index (κ2) is 15.7. The Morgan fingerprint density at radius 1 is 1.20 bits per heavy atom. The Morgan fingerprint density at radius 2 is 2.06 bits per heavy atom. The fraction of sp³-hybridized carbons (Fsp3) is 0.472. The molecule has 3 heterocycles. The highest BCUT2D eigenvalue weighted by molar-refractivity contribution is 7.99. The van der Waals surface area contributed by atoms with E-state index in [2.05, 4.69) is 37.3 Å². The second-order valence-corrected chi connectivity index (χ2v) is 16.6. The standard InChI is InChI=1S/C36H44ClN5O5S2/c1-4-42-21-29(18-38-42)36(44)40-49(45)22-24(2)6-5-7-33(46-3)31-12-9-28(31)20-41-19-27-8-11-30(37)16-25(27)14-15-48-23-47-34-13-10-26(17-32(34)41)35(43)39-49/h5,7-8,10-11,13,16-18,21,24,28,31,33H,4,6,9,12,14-15,19-20,22-23H2,1-3H3,(H,39,40,43,44,45)/b7-5+/t24-,28-,31+,33-,49?/m0/s1. The van der Waals surface area contributed by atoms with Crippen molar-refractivity contribution in [2.45, 2.75) is 58.7 Å². The van der Waals surface area contributed by atoms with Crippen LogP contribution in [0.1, 0.15) is 65.0 Å². The Labute approximate surface area is 298 Å². The van der Waals surface area contributed by atoms with Gasteiger partial charge in [0.2, 0.25) is 0 Å². The van der Waals surface area contributed by atoms with Gasteiger partial charge in [0.05, 0.1) is 29.3 Å². The molecular weight excluding hydrogens is 682 g/mol. The van der Waals surface area contributed by atoms with Gasteiger partial charge in [-0.25, -0.2) is 4.21 Å². The molecule has 1 unspecified atom stereocenters. The van der Waals surface area contributed by atoms with E-state index in [0.29, 0.717) is 48.1 Å². The van der Waals surface area contributed by atoms with Crippen LogP contribution in [0, 0.1) is 17.8 Å². The molecule has 13 heteroatoms. The van der Waals surface area contributed by atoms with Gasteiger partial charge >= 0.3 is 0 Å². The van der Waals surface area contributed by atoms with Gasteiger partial charge in [0.25, 0.3) is 11.8 Å². The van der Waals surface area contributed by atoms with Crippen molar-refractivity contribution in [1.82, 2.24) is 14.5 Å². The van der Waals surface area contributed by atoms with E-state index in [4.69, 9.17) is 21.1 Å². The molecule has 5 atom stereocenters. The largest absolute Gasteiger partial charge is 0.481 e. The molecule has 1 N–H and O–H groups in total. The molecule has 0 saturated heterocycles. The summed E-state index contributed by atoms with van der Waals surface area (Å²) < 4.78 is 35.3. The average molecular weight is 726 g/mol. The highest BCUT2D eigenvalue weighted by atomic mass is 35.5. The van der Waals surface area contributed by atoms with Crippen LogP contribution < -0.4 is 14.4 Å². The molecule has 2 aromatic carbocycles. The van der Waals surface area contributed by atoms with Crippen LogP contribution >= 0.6 is 23.4 Å². The van der Waals surface area contributed by atoms with Crippen molar-refractivity contribution in [1.29, 1.82) is 0 Å². The molecule has 1 aromatic heterocycles. The minimum atomic E-state index is -3.53. The van der Waals surface area contributed by atoms with E-state index in [1.165, 1.54) is 17.3 Å². The molecule has 0 spiro atoms. The van der Waals surface area contributed by atoms with Crippen molar-refractivity contribution in [2.75, 3.05) is 36.0 Å². The number of hydrogen-bond donors (Lipinski definition) is 1. The van der Waals surface area contributed by atoms with Gasteiger partial charge in [0.15, 0.2) is 0 Å². The van der Waals surface area contributed by atoms with Crippen molar-refractivity contribution >= 4 is 50.8 Å². The first kappa shape index (κ1) is 35.5. The third-order valence-electron chi connectivity index (χ3n) is 9.59. The number of ether oxygens (including phenoxy) is 2. The molecule has 3 aromatic rings. The minimum Gasteiger partial charge on any atom is -0.481 e. The minimum absolute atomic E-state index is 0.00280. The summed E-state index contributed by atoms with van der Waals surface area (Å²) in [6.07, 6.45) is 10.7. The summed E-state index contributed by atoms with van der Waals surface area (Å²) in [4.78, 5) is 29.5. The summed E-state index contributed by atoms with van der Waals surface area (Å²) in [7, 11) is -1.78. The number of benzene rings is 2. The van der Waals surface area contributed by atoms with Crippen LogP contribution in [0.15, 0.2) is 65.3 Å². The highest BCUT2D eigenvalue weighted by Crippen LogP contribution is 2.42. The van der Waals surface area contributed by atoms with Crippen molar-refractivity contribution in [3.8, 4) is 5.75 Å². The normalized spacial score (nSPS) is 26.9. The number of hydrogen-bond acceptors (Lipinski definition) is 8. The molecule has 6 rings (SSSR count). The molecule has 2 aliphatic heterocycles. The SMILES string of the molecule is CCn1cc(C(=O)NS2(=O)=NC(=O)c3ccc4c(c3)N(Cc3ccc(Cl)cc3CCSCO4)C[C@@H]3CC[C@H]3[C@@H](OC)/C=C/C[C@H](C)C2)cn1. The number of carbonyl (C=O) groups is 2. The highest BCUT2D eigenvalue weighted by Gasteiger charge is 2.38. The summed E-state index contributed by atoms with van der Waals surface area (Å²) in [6, 6.07) is 11.3. The van der Waals surface area contributed by atoms with Crippen LogP contribution in [0.2, 0.25) is 5.02 Å². The van der Waals surface area contributed by atoms with Crippen LogP contribution in [0.3, 0.4) is 0 Å². The summed E-state index contributed by atoms with van der Waals surface area (Å²) in [5.74, 6) is 1.26. The maximum Gasteiger partial charge on any atom is 0.286 e. The number of methoxy groups -OCH3 is 1. The van der Waals surface area contributed by atoms with Crippen LogP contribution in [-0.4, -0.2) is 63.0 Å². The topological polar surface area (TPSA) is 115 Å². The van der Waals surface area contributed by atoms with Crippen LogP contribution in [0.25, 0.3) is 0 Å². The fourth-order valence-corrected chi connectivity index (χ4v) is 9.56. The van der Waals surface area contributed by atoms with E-state index in [-0.39, 0.29) is 28.9 Å². The number of aryl methyl sites for hydroxylation is 2. The maximum absolute atomic E-state index is 14.5. The molecular formula is C36H44ClN5O5S2. The number of aromatic nitrogens is 2. The van der Waals surface area contributed by atoms with Gasteiger partial charge < -0.3 is 14.4 Å². The first-order valence-electron chi connectivity index (χ1n) is 16.8. The summed E-state index contributed by atoms with van der Waals surface area (Å²) >= 11 is 8.14. The Balaban J connectivity index is 1.44. The summed E-state index contributed by atoms with van der Waals surface area (Å²) in [5, 5.41) is 4.87. The smallest absolute Gasteiger partial charge is 0.286 e. The van der Waals surface area contributed by atoms with Crippen molar-refractivity contribution < 1.29 is 23.3 Å². The van der Waals surface area contributed by atoms with Gasteiger partial charge in [0, 0.05) is 49.3 Å². The molecule has 2 amide bonds. The van der Waals surface area contributed by atoms with Crippen molar-refractivity contribution in [3.63, 3.8) is 0 Å². The number of nitrogens with zero attached hydrogens (tertiary/aromatic N) is 4. The zero-order valence-electron chi connectivity index (χ0n) is 28.2. The number of anilines is 1. The number of thioether (sulfide) groups is 1. The van der Waals surface area contributed by atoms with Gasteiger partial charge in [-0.15, -0.1) is 16.1 Å². The zero-order valence-corrected chi connectivity index (χ0v) is 30.6. The van der Waals surface area contributed by atoms with E-state index in [9.17, 15) is 13.8 Å². The lowest BCUT2D eigenvalue weighted by Gasteiger charge is -2.43. The number of halogens is 1. The van der Waals surface area contributed by atoms with Crippen LogP contribution in [0.5, 0.6) is 5.75 Å². The van der Waals surface area contributed by atoms with E-state index < -0.39 is 21.7 Å². The lowest BCUT2D eigenvalue weighted by atomic mass is 9.70. The first-order chi connectivity index (χ1) is 23.6. The predicted molar refractivity (Wildman–Crippen MR) is 196 cm³/mol. The lowest BCUT2D eigenvalue weighted by molar-refractivity contribution is 0.0133. The molecule has 0 radical (unpaired) electrons. The molecule has 3 aliphatic rings. The van der Waals surface area contributed by atoms with E-state index in [0.717, 1.165) is 37.2 Å². The molecule has 49 heavy (non-hydrogen) atoms. The number of amides is 2. The van der Waals surface area contributed by atoms with Gasteiger partial charge in [-0.3, -0.25) is 19.0 Å². The van der Waals surface area contributed by atoms with Gasteiger partial charge in [-0.2, -0.15) is 5.10 Å². The fourth-order valence-electron chi connectivity index (χ4n) is 6.78. The number of nitrogens with one attached hydrogen (secondary N) is 1. The van der Waals surface area contributed by atoms with Gasteiger partial charge in [0.1, 0.15) is 21.6 Å². The maximum atomic E-state index is 14.5. The average Bonchev–Trinajstić information content (AvgIpc) is 3.54. The molecule has 1 aliphatic carbocycles. The first-order valence-corrected chi connectivity index (χ1v) is 20.1. The van der Waals surface area contributed by atoms with E-state index in [1.807, 2.05) is 26.0 Å². The molecule has 10 nitrogen and oxygen atoms in total. The zero-order chi connectivity index (χ0) is 34.5. The lowest BCUT2D eigenvalue weighted by Crippen LogP contribution is -2.43. The second-order valence-electron chi connectivity index (χ2n) is 13.1. The Morgan fingerprint density at radius 3 is 2.82 bits per heavy atom. The molecule has 262 valence electrons. The number of allylic oxidation sites excluding steroid dienone is 1. The van der Waals surface area contributed by atoms with Crippen LogP contribution in [-0.2, 0) is 34.2 Å². The molecule has 2 bridgehead atoms. The quantitative estimate of drug-likeness (QED) is 0.293. The predicted octanol–water partition coefficient (Wildman–Crippen LogP) is 6.78. The van der Waals surface area contributed by atoms with Gasteiger partial charge in [-0.05, 0) is 91.8 Å². The van der Waals surface area contributed by atoms with E-state index in [1.54, 1.807) is 47.9 Å². The number of rotatable bonds is 4. The van der Waals surface area contributed by atoms with Crippen LogP contribution in [0.4, 0.5) is 5.69 Å². The number of carbonyl (C=O) groups excluding carboxylic acids is 2. The van der Waals surface area contributed by atoms with E-state index >= 15 is 0 Å². The monoisotopic (exact) mass is 725 g/mol. The Bertz CT molecular complexity index is 1840. The molecule has 1 fully saturated rings. The molecule has 1 saturated carbocycles.